The lowest BCUT2D eigenvalue weighted by Crippen LogP contribution is -2.32. The Bertz CT molecular complexity index is 818. The third-order valence-electron chi connectivity index (χ3n) is 4.08. The third-order valence-corrected chi connectivity index (χ3v) is 5.30. The summed E-state index contributed by atoms with van der Waals surface area (Å²) in [6, 6.07) is 20.2. The van der Waals surface area contributed by atoms with Crippen LogP contribution in [0.25, 0.3) is 5.69 Å². The average molecular weight is 366 g/mol. The van der Waals surface area contributed by atoms with Gasteiger partial charge in [0.2, 0.25) is 5.91 Å². The Morgan fingerprint density at radius 2 is 1.77 bits per heavy atom. The van der Waals surface area contributed by atoms with Crippen molar-refractivity contribution in [1.29, 1.82) is 0 Å². The van der Waals surface area contributed by atoms with Crippen LogP contribution in [-0.4, -0.2) is 27.5 Å². The summed E-state index contributed by atoms with van der Waals surface area (Å²) < 4.78 is 1.86. The molecular weight excluding hydrogens is 342 g/mol. The molecule has 3 rings (SSSR count). The number of carbonyl (C=O) groups is 1. The minimum atomic E-state index is -0.0674. The van der Waals surface area contributed by atoms with E-state index in [-0.39, 0.29) is 11.2 Å². The minimum Gasteiger partial charge on any atom is -0.355 e. The second-order valence-corrected chi connectivity index (χ2v) is 7.44. The molecule has 0 aliphatic heterocycles. The summed E-state index contributed by atoms with van der Waals surface area (Å²) in [5.41, 5.74) is 3.39. The summed E-state index contributed by atoms with van der Waals surface area (Å²) in [5.74, 6) is 0.931. The van der Waals surface area contributed by atoms with Crippen LogP contribution >= 0.6 is 11.8 Å². The fraction of sp³-hybridized carbons (Fsp3) is 0.238. The first-order chi connectivity index (χ1) is 12.7. The van der Waals surface area contributed by atoms with Crippen LogP contribution in [-0.2, 0) is 17.0 Å². The van der Waals surface area contributed by atoms with Crippen molar-refractivity contribution in [2.45, 2.75) is 24.3 Å². The van der Waals surface area contributed by atoms with Crippen molar-refractivity contribution in [3.8, 4) is 5.69 Å². The van der Waals surface area contributed by atoms with Gasteiger partial charge in [-0.15, -0.1) is 11.8 Å². The number of hydrogen-bond donors (Lipinski definition) is 1. The molecule has 1 N–H and O–H groups in total. The van der Waals surface area contributed by atoms with Crippen molar-refractivity contribution in [1.82, 2.24) is 15.1 Å². The monoisotopic (exact) mass is 365 g/mol. The molecule has 0 radical (unpaired) electrons. The highest BCUT2D eigenvalue weighted by Gasteiger charge is 2.13. The van der Waals surface area contributed by atoms with Gasteiger partial charge in [-0.1, -0.05) is 48.5 Å². The predicted molar refractivity (Wildman–Crippen MR) is 107 cm³/mol. The maximum Gasteiger partial charge on any atom is 0.232 e. The summed E-state index contributed by atoms with van der Waals surface area (Å²) in [6.07, 6.45) is 4.64. The van der Waals surface area contributed by atoms with E-state index in [1.54, 1.807) is 11.8 Å². The van der Waals surface area contributed by atoms with E-state index in [2.05, 4.69) is 22.5 Å². The first-order valence-electron chi connectivity index (χ1n) is 8.74. The van der Waals surface area contributed by atoms with Gasteiger partial charge in [0.25, 0.3) is 0 Å². The highest BCUT2D eigenvalue weighted by molar-refractivity contribution is 7.99. The van der Waals surface area contributed by atoms with E-state index >= 15 is 0 Å². The molecule has 134 valence electrons. The van der Waals surface area contributed by atoms with Gasteiger partial charge in [0.05, 0.1) is 17.1 Å². The average Bonchev–Trinajstić information content (AvgIpc) is 3.16. The minimum absolute atomic E-state index is 0.0674. The van der Waals surface area contributed by atoms with E-state index in [1.165, 1.54) is 5.56 Å². The standard InChI is InChI=1S/C21H23N3OS/c1-17(26-16-18-8-4-2-5-9-18)21(25)22-13-12-19-14-23-24(15-19)20-10-6-3-7-11-20/h2-11,14-15,17H,12-13,16H2,1H3,(H,22,25)/t17-/m1/s1. The van der Waals surface area contributed by atoms with Gasteiger partial charge in [0.1, 0.15) is 0 Å². The molecule has 5 heteroatoms. The van der Waals surface area contributed by atoms with E-state index in [0.717, 1.165) is 23.4 Å². The fourth-order valence-electron chi connectivity index (χ4n) is 2.56. The first-order valence-corrected chi connectivity index (χ1v) is 9.79. The molecule has 0 aliphatic carbocycles. The Balaban J connectivity index is 1.41. The Hall–Kier alpha value is -2.53. The van der Waals surface area contributed by atoms with Gasteiger partial charge < -0.3 is 5.32 Å². The van der Waals surface area contributed by atoms with E-state index in [1.807, 2.05) is 72.5 Å². The maximum atomic E-state index is 12.2. The summed E-state index contributed by atoms with van der Waals surface area (Å²) in [4.78, 5) is 12.2. The molecule has 0 bridgehead atoms. The lowest BCUT2D eigenvalue weighted by Gasteiger charge is -2.11. The molecule has 0 unspecified atom stereocenters. The van der Waals surface area contributed by atoms with Crippen molar-refractivity contribution in [2.24, 2.45) is 0 Å². The van der Waals surface area contributed by atoms with Crippen LogP contribution in [0.2, 0.25) is 0 Å². The smallest absolute Gasteiger partial charge is 0.232 e. The van der Waals surface area contributed by atoms with Gasteiger partial charge in [0, 0.05) is 18.5 Å². The van der Waals surface area contributed by atoms with Gasteiger partial charge in [-0.25, -0.2) is 4.68 Å². The second kappa shape index (κ2) is 9.25. The SMILES string of the molecule is C[C@@H](SCc1ccccc1)C(=O)NCCc1cnn(-c2ccccc2)c1. The Kier molecular flexibility index (Phi) is 6.50. The van der Waals surface area contributed by atoms with Crippen molar-refractivity contribution in [2.75, 3.05) is 6.54 Å². The number of carbonyl (C=O) groups excluding carboxylic acids is 1. The topological polar surface area (TPSA) is 46.9 Å². The lowest BCUT2D eigenvalue weighted by atomic mass is 10.2. The molecule has 1 atom stereocenters. The number of benzene rings is 2. The number of amides is 1. The molecule has 1 aromatic heterocycles. The Labute approximate surface area is 158 Å². The number of rotatable bonds is 8. The normalized spacial score (nSPS) is 11.9. The highest BCUT2D eigenvalue weighted by Crippen LogP contribution is 2.17. The van der Waals surface area contributed by atoms with Crippen molar-refractivity contribution < 1.29 is 4.79 Å². The van der Waals surface area contributed by atoms with Crippen LogP contribution in [0.5, 0.6) is 0 Å². The number of thioether (sulfide) groups is 1. The Morgan fingerprint density at radius 3 is 2.50 bits per heavy atom. The molecule has 0 spiro atoms. The number of hydrogen-bond acceptors (Lipinski definition) is 3. The first kappa shape index (κ1) is 18.3. The van der Waals surface area contributed by atoms with Gasteiger partial charge in [-0.05, 0) is 36.6 Å². The van der Waals surface area contributed by atoms with Crippen LogP contribution < -0.4 is 5.32 Å². The number of para-hydroxylation sites is 1. The third kappa shape index (κ3) is 5.23. The molecule has 0 saturated carbocycles. The molecule has 4 nitrogen and oxygen atoms in total. The van der Waals surface area contributed by atoms with Gasteiger partial charge in [-0.3, -0.25) is 4.79 Å². The maximum absolute atomic E-state index is 12.2. The van der Waals surface area contributed by atoms with E-state index < -0.39 is 0 Å². The van der Waals surface area contributed by atoms with Crippen molar-refractivity contribution in [3.05, 3.63) is 84.2 Å². The van der Waals surface area contributed by atoms with Gasteiger partial charge in [0.15, 0.2) is 0 Å². The molecule has 26 heavy (non-hydrogen) atoms. The van der Waals surface area contributed by atoms with Crippen LogP contribution in [0.3, 0.4) is 0 Å². The molecule has 0 fully saturated rings. The number of nitrogens with one attached hydrogen (secondary N) is 1. The fourth-order valence-corrected chi connectivity index (χ4v) is 3.43. The molecule has 1 heterocycles. The molecule has 0 aliphatic rings. The van der Waals surface area contributed by atoms with Crippen LogP contribution in [0.1, 0.15) is 18.1 Å². The highest BCUT2D eigenvalue weighted by atomic mass is 32.2. The van der Waals surface area contributed by atoms with E-state index in [4.69, 9.17) is 0 Å². The predicted octanol–water partition coefficient (Wildman–Crippen LogP) is 3.85. The molecule has 0 saturated heterocycles. The van der Waals surface area contributed by atoms with Gasteiger partial charge in [-0.2, -0.15) is 5.10 Å². The van der Waals surface area contributed by atoms with E-state index in [9.17, 15) is 4.79 Å². The zero-order valence-electron chi connectivity index (χ0n) is 14.8. The molecule has 2 aromatic carbocycles. The van der Waals surface area contributed by atoms with Crippen LogP contribution in [0, 0.1) is 0 Å². The quantitative estimate of drug-likeness (QED) is 0.659. The number of aromatic nitrogens is 2. The molecular formula is C21H23N3OS. The lowest BCUT2D eigenvalue weighted by molar-refractivity contribution is -0.120. The van der Waals surface area contributed by atoms with Crippen LogP contribution in [0.15, 0.2) is 73.1 Å². The largest absolute Gasteiger partial charge is 0.355 e. The van der Waals surface area contributed by atoms with Gasteiger partial charge >= 0.3 is 0 Å². The summed E-state index contributed by atoms with van der Waals surface area (Å²) in [5, 5.41) is 7.33. The van der Waals surface area contributed by atoms with Crippen molar-refractivity contribution >= 4 is 17.7 Å². The Morgan fingerprint density at radius 1 is 1.08 bits per heavy atom. The number of nitrogens with zero attached hydrogens (tertiary/aromatic N) is 2. The zero-order chi connectivity index (χ0) is 18.2. The van der Waals surface area contributed by atoms with Crippen LogP contribution in [0.4, 0.5) is 0 Å². The van der Waals surface area contributed by atoms with Crippen molar-refractivity contribution in [3.63, 3.8) is 0 Å². The summed E-state index contributed by atoms with van der Waals surface area (Å²) in [6.45, 7) is 2.58. The summed E-state index contributed by atoms with van der Waals surface area (Å²) in [7, 11) is 0. The molecule has 3 aromatic rings. The molecule has 1 amide bonds. The van der Waals surface area contributed by atoms with E-state index in [0.29, 0.717) is 6.54 Å². The second-order valence-electron chi connectivity index (χ2n) is 6.11. The summed E-state index contributed by atoms with van der Waals surface area (Å²) >= 11 is 1.66. The zero-order valence-corrected chi connectivity index (χ0v) is 15.7.